The van der Waals surface area contributed by atoms with Crippen molar-refractivity contribution in [1.29, 1.82) is 0 Å². The minimum atomic E-state index is 0.0476. The monoisotopic (exact) mass is 192 g/mol. The van der Waals surface area contributed by atoms with Gasteiger partial charge in [0.2, 0.25) is 5.91 Å². The third-order valence-electron chi connectivity index (χ3n) is 1.94. The predicted octanol–water partition coefficient (Wildman–Crippen LogP) is 1.75. The van der Waals surface area contributed by atoms with Crippen molar-refractivity contribution in [3.63, 3.8) is 0 Å². The van der Waals surface area contributed by atoms with Gasteiger partial charge in [-0.05, 0) is 24.7 Å². The molecule has 0 aliphatic rings. The van der Waals surface area contributed by atoms with Crippen molar-refractivity contribution < 1.29 is 4.79 Å². The smallest absolute Gasteiger partial charge is 0.224 e. The third-order valence-corrected chi connectivity index (χ3v) is 1.94. The minimum absolute atomic E-state index is 0.0476. The second-order valence-electron chi connectivity index (χ2n) is 3.13. The van der Waals surface area contributed by atoms with E-state index in [2.05, 4.69) is 10.6 Å². The van der Waals surface area contributed by atoms with Gasteiger partial charge in [0.1, 0.15) is 0 Å². The molecule has 1 amide bonds. The van der Waals surface area contributed by atoms with Gasteiger partial charge in [0, 0.05) is 18.7 Å². The topological polar surface area (TPSA) is 41.1 Å². The van der Waals surface area contributed by atoms with E-state index >= 15 is 0 Å². The summed E-state index contributed by atoms with van der Waals surface area (Å²) >= 11 is 0. The molecule has 0 saturated carbocycles. The van der Waals surface area contributed by atoms with E-state index in [4.69, 9.17) is 0 Å². The number of carbonyl (C=O) groups excluding carboxylic acids is 1. The lowest BCUT2D eigenvalue weighted by molar-refractivity contribution is -0.115. The molecular weight excluding hydrogens is 176 g/mol. The van der Waals surface area contributed by atoms with Crippen molar-refractivity contribution in [1.82, 2.24) is 5.32 Å². The Balaban J connectivity index is 2.59. The number of rotatable bonds is 4. The van der Waals surface area contributed by atoms with E-state index in [1.165, 1.54) is 5.56 Å². The van der Waals surface area contributed by atoms with Crippen LogP contribution in [0.25, 0.3) is 0 Å². The number of amides is 1. The second-order valence-corrected chi connectivity index (χ2v) is 3.13. The molecule has 0 heterocycles. The van der Waals surface area contributed by atoms with Crippen LogP contribution in [0, 0.1) is 0 Å². The standard InChI is InChI=1S/C11H16N2O/c1-3-11(14)13-10-6-4-9(5-7-10)8-12-2/h4-7,12H,3,8H2,1-2H3,(H,13,14). The molecule has 0 atom stereocenters. The van der Waals surface area contributed by atoms with E-state index in [9.17, 15) is 4.79 Å². The minimum Gasteiger partial charge on any atom is -0.326 e. The number of hydrogen-bond donors (Lipinski definition) is 2. The van der Waals surface area contributed by atoms with Gasteiger partial charge in [-0.25, -0.2) is 0 Å². The zero-order valence-electron chi connectivity index (χ0n) is 8.63. The fourth-order valence-electron chi connectivity index (χ4n) is 1.16. The maximum atomic E-state index is 11.1. The van der Waals surface area contributed by atoms with E-state index in [-0.39, 0.29) is 5.91 Å². The van der Waals surface area contributed by atoms with Crippen molar-refractivity contribution in [2.24, 2.45) is 0 Å². The van der Waals surface area contributed by atoms with Gasteiger partial charge in [-0.15, -0.1) is 0 Å². The highest BCUT2D eigenvalue weighted by Gasteiger charge is 1.98. The highest BCUT2D eigenvalue weighted by atomic mass is 16.1. The fraction of sp³-hybridized carbons (Fsp3) is 0.364. The predicted molar refractivity (Wildman–Crippen MR) is 58.1 cm³/mol. The summed E-state index contributed by atoms with van der Waals surface area (Å²) in [7, 11) is 1.91. The molecule has 1 aromatic carbocycles. The largest absolute Gasteiger partial charge is 0.326 e. The van der Waals surface area contributed by atoms with Crippen molar-refractivity contribution in [2.45, 2.75) is 19.9 Å². The molecule has 76 valence electrons. The summed E-state index contributed by atoms with van der Waals surface area (Å²) in [5.41, 5.74) is 2.07. The highest BCUT2D eigenvalue weighted by molar-refractivity contribution is 5.90. The molecule has 3 nitrogen and oxygen atoms in total. The van der Waals surface area contributed by atoms with E-state index in [0.717, 1.165) is 12.2 Å². The first-order valence-corrected chi connectivity index (χ1v) is 4.79. The van der Waals surface area contributed by atoms with Gasteiger partial charge >= 0.3 is 0 Å². The van der Waals surface area contributed by atoms with Crippen molar-refractivity contribution >= 4 is 11.6 Å². The normalized spacial score (nSPS) is 9.86. The van der Waals surface area contributed by atoms with Gasteiger partial charge in [0.25, 0.3) is 0 Å². The molecule has 2 N–H and O–H groups in total. The van der Waals surface area contributed by atoms with Gasteiger partial charge < -0.3 is 10.6 Å². The first-order valence-electron chi connectivity index (χ1n) is 4.79. The summed E-state index contributed by atoms with van der Waals surface area (Å²) in [4.78, 5) is 11.1. The lowest BCUT2D eigenvalue weighted by Gasteiger charge is -2.04. The lowest BCUT2D eigenvalue weighted by atomic mass is 10.2. The Morgan fingerprint density at radius 3 is 2.43 bits per heavy atom. The fourth-order valence-corrected chi connectivity index (χ4v) is 1.16. The lowest BCUT2D eigenvalue weighted by Crippen LogP contribution is -2.09. The third kappa shape index (κ3) is 3.18. The van der Waals surface area contributed by atoms with Crippen LogP contribution in [0.4, 0.5) is 5.69 Å². The van der Waals surface area contributed by atoms with Crippen LogP contribution in [-0.4, -0.2) is 13.0 Å². The Morgan fingerprint density at radius 2 is 1.93 bits per heavy atom. The van der Waals surface area contributed by atoms with Crippen LogP contribution in [0.2, 0.25) is 0 Å². The molecule has 0 radical (unpaired) electrons. The SMILES string of the molecule is CCC(=O)Nc1ccc(CNC)cc1. The van der Waals surface area contributed by atoms with Crippen LogP contribution in [0.1, 0.15) is 18.9 Å². The molecule has 0 unspecified atom stereocenters. The molecule has 0 bridgehead atoms. The molecule has 3 heteroatoms. The average molecular weight is 192 g/mol. The number of nitrogens with one attached hydrogen (secondary N) is 2. The van der Waals surface area contributed by atoms with Crippen LogP contribution >= 0.6 is 0 Å². The van der Waals surface area contributed by atoms with E-state index < -0.39 is 0 Å². The average Bonchev–Trinajstić information content (AvgIpc) is 2.21. The van der Waals surface area contributed by atoms with Crippen molar-refractivity contribution in [2.75, 3.05) is 12.4 Å². The molecule has 1 aromatic rings. The van der Waals surface area contributed by atoms with Gasteiger partial charge in [-0.2, -0.15) is 0 Å². The maximum Gasteiger partial charge on any atom is 0.224 e. The zero-order chi connectivity index (χ0) is 10.4. The summed E-state index contributed by atoms with van der Waals surface area (Å²) in [6, 6.07) is 7.84. The molecule has 0 fully saturated rings. The summed E-state index contributed by atoms with van der Waals surface area (Å²) < 4.78 is 0. The van der Waals surface area contributed by atoms with E-state index in [1.807, 2.05) is 38.2 Å². The maximum absolute atomic E-state index is 11.1. The summed E-state index contributed by atoms with van der Waals surface area (Å²) in [5, 5.41) is 5.87. The van der Waals surface area contributed by atoms with Crippen LogP contribution in [0.15, 0.2) is 24.3 Å². The highest BCUT2D eigenvalue weighted by Crippen LogP contribution is 2.09. The summed E-state index contributed by atoms with van der Waals surface area (Å²) in [6.07, 6.45) is 0.512. The van der Waals surface area contributed by atoms with Crippen LogP contribution in [0.3, 0.4) is 0 Å². The molecule has 0 aliphatic carbocycles. The first kappa shape index (κ1) is 10.7. The van der Waals surface area contributed by atoms with Gasteiger partial charge in [0.15, 0.2) is 0 Å². The van der Waals surface area contributed by atoms with Crippen molar-refractivity contribution in [3.05, 3.63) is 29.8 Å². The number of anilines is 1. The van der Waals surface area contributed by atoms with Crippen LogP contribution < -0.4 is 10.6 Å². The van der Waals surface area contributed by atoms with E-state index in [0.29, 0.717) is 6.42 Å². The second kappa shape index (κ2) is 5.40. The molecule has 14 heavy (non-hydrogen) atoms. The first-order chi connectivity index (χ1) is 6.76. The van der Waals surface area contributed by atoms with Crippen LogP contribution in [0.5, 0.6) is 0 Å². The molecule has 0 spiro atoms. The molecule has 0 aromatic heterocycles. The number of benzene rings is 1. The van der Waals surface area contributed by atoms with Crippen molar-refractivity contribution in [3.8, 4) is 0 Å². The number of carbonyl (C=O) groups is 1. The quantitative estimate of drug-likeness (QED) is 0.763. The Hall–Kier alpha value is -1.35. The molecule has 1 rings (SSSR count). The molecule has 0 saturated heterocycles. The van der Waals surface area contributed by atoms with E-state index in [1.54, 1.807) is 0 Å². The van der Waals surface area contributed by atoms with Gasteiger partial charge in [0.05, 0.1) is 0 Å². The summed E-state index contributed by atoms with van der Waals surface area (Å²) in [5.74, 6) is 0.0476. The van der Waals surface area contributed by atoms with Gasteiger partial charge in [-0.3, -0.25) is 4.79 Å². The Morgan fingerprint density at radius 1 is 1.29 bits per heavy atom. The molecule has 0 aliphatic heterocycles. The number of hydrogen-bond acceptors (Lipinski definition) is 2. The summed E-state index contributed by atoms with van der Waals surface area (Å²) in [6.45, 7) is 2.69. The zero-order valence-corrected chi connectivity index (χ0v) is 8.63. The van der Waals surface area contributed by atoms with Crippen LogP contribution in [-0.2, 0) is 11.3 Å². The Labute approximate surface area is 84.5 Å². The Bertz CT molecular complexity index is 293. The van der Waals surface area contributed by atoms with Gasteiger partial charge in [-0.1, -0.05) is 19.1 Å². The Kier molecular flexibility index (Phi) is 4.13. The molecular formula is C11H16N2O.